The highest BCUT2D eigenvalue weighted by Gasteiger charge is 2.52. The lowest BCUT2D eigenvalue weighted by atomic mass is 10.1. The van der Waals surface area contributed by atoms with Crippen LogP contribution in [0.15, 0.2) is 29.2 Å². The van der Waals surface area contributed by atoms with E-state index in [2.05, 4.69) is 0 Å². The molecule has 0 N–H and O–H groups in total. The monoisotopic (exact) mass is 342 g/mol. The first-order valence-electron chi connectivity index (χ1n) is 7.93. The van der Waals surface area contributed by atoms with Gasteiger partial charge in [-0.15, -0.1) is 0 Å². The van der Waals surface area contributed by atoms with Crippen LogP contribution in [0.3, 0.4) is 0 Å². The Labute approximate surface area is 137 Å². The molecule has 7 heteroatoms. The maximum atomic E-state index is 13.0. The Kier molecular flexibility index (Phi) is 4.73. The quantitative estimate of drug-likeness (QED) is 0.787. The van der Waals surface area contributed by atoms with E-state index in [1.165, 1.54) is 24.3 Å². The van der Waals surface area contributed by atoms with Crippen molar-refractivity contribution in [3.05, 3.63) is 30.1 Å². The van der Waals surface area contributed by atoms with Gasteiger partial charge in [0.25, 0.3) is 0 Å². The molecule has 0 aromatic heterocycles. The SMILES string of the molecule is CN(C)CCO[C@@H]1[C@H]2CC[C@H]1N(S(=O)(=O)c1ccc(F)cc1)C2. The molecule has 2 bridgehead atoms. The van der Waals surface area contributed by atoms with Crippen molar-refractivity contribution in [3.63, 3.8) is 0 Å². The fraction of sp³-hybridized carbons (Fsp3) is 0.625. The van der Waals surface area contributed by atoms with Crippen molar-refractivity contribution in [1.82, 2.24) is 9.21 Å². The second-order valence-electron chi connectivity index (χ2n) is 6.57. The van der Waals surface area contributed by atoms with Crippen LogP contribution in [0.25, 0.3) is 0 Å². The molecule has 0 radical (unpaired) electrons. The average Bonchev–Trinajstić information content (AvgIpc) is 3.05. The molecule has 1 aliphatic heterocycles. The van der Waals surface area contributed by atoms with Crippen LogP contribution < -0.4 is 0 Å². The summed E-state index contributed by atoms with van der Waals surface area (Å²) in [5.41, 5.74) is 0. The number of piperidine rings is 1. The van der Waals surface area contributed by atoms with E-state index >= 15 is 0 Å². The predicted octanol–water partition coefficient (Wildman–Crippen LogP) is 1.56. The highest BCUT2D eigenvalue weighted by molar-refractivity contribution is 7.89. The van der Waals surface area contributed by atoms with Crippen molar-refractivity contribution < 1.29 is 17.5 Å². The first-order chi connectivity index (χ1) is 10.9. The minimum atomic E-state index is -3.58. The topological polar surface area (TPSA) is 49.9 Å². The lowest BCUT2D eigenvalue weighted by molar-refractivity contribution is 0.0262. The molecule has 2 fully saturated rings. The lowest BCUT2D eigenvalue weighted by Crippen LogP contribution is -2.40. The predicted molar refractivity (Wildman–Crippen MR) is 85.1 cm³/mol. The maximum absolute atomic E-state index is 13.0. The highest BCUT2D eigenvalue weighted by Crippen LogP contribution is 2.42. The molecule has 1 aromatic carbocycles. The molecule has 1 saturated carbocycles. The molecule has 128 valence electrons. The van der Waals surface area contributed by atoms with E-state index in [1.54, 1.807) is 4.31 Å². The molecule has 3 atom stereocenters. The fourth-order valence-electron chi connectivity index (χ4n) is 3.53. The molecule has 23 heavy (non-hydrogen) atoms. The zero-order valence-electron chi connectivity index (χ0n) is 13.5. The Hall–Kier alpha value is -1.02. The second-order valence-corrected chi connectivity index (χ2v) is 8.46. The van der Waals surface area contributed by atoms with Gasteiger partial charge in [-0.2, -0.15) is 4.31 Å². The van der Waals surface area contributed by atoms with Crippen molar-refractivity contribution in [3.8, 4) is 0 Å². The van der Waals surface area contributed by atoms with E-state index in [4.69, 9.17) is 4.74 Å². The Bertz CT molecular complexity index is 648. The Morgan fingerprint density at radius 1 is 1.26 bits per heavy atom. The molecule has 3 rings (SSSR count). The normalized spacial score (nSPS) is 27.9. The number of ether oxygens (including phenoxy) is 1. The summed E-state index contributed by atoms with van der Waals surface area (Å²) in [5.74, 6) is -0.172. The molecular formula is C16H23FN2O3S. The first-order valence-corrected chi connectivity index (χ1v) is 9.37. The molecule has 1 aromatic rings. The Morgan fingerprint density at radius 3 is 2.61 bits per heavy atom. The summed E-state index contributed by atoms with van der Waals surface area (Å²) < 4.78 is 46.2. The van der Waals surface area contributed by atoms with Crippen LogP contribution in [-0.4, -0.2) is 63.6 Å². The summed E-state index contributed by atoms with van der Waals surface area (Å²) in [6.07, 6.45) is 1.81. The van der Waals surface area contributed by atoms with Gasteiger partial charge >= 0.3 is 0 Å². The summed E-state index contributed by atoms with van der Waals surface area (Å²) in [6, 6.07) is 4.94. The van der Waals surface area contributed by atoms with Gasteiger partial charge in [-0.05, 0) is 51.2 Å². The fourth-order valence-corrected chi connectivity index (χ4v) is 5.25. The maximum Gasteiger partial charge on any atom is 0.243 e. The third-order valence-corrected chi connectivity index (χ3v) is 6.64. The van der Waals surface area contributed by atoms with Crippen LogP contribution >= 0.6 is 0 Å². The van der Waals surface area contributed by atoms with Crippen molar-refractivity contribution in [1.29, 1.82) is 0 Å². The number of sulfonamides is 1. The summed E-state index contributed by atoms with van der Waals surface area (Å²) in [6.45, 7) is 1.92. The molecule has 1 aliphatic carbocycles. The zero-order valence-corrected chi connectivity index (χ0v) is 14.3. The summed E-state index contributed by atoms with van der Waals surface area (Å²) in [5, 5.41) is 0. The van der Waals surface area contributed by atoms with Crippen molar-refractivity contribution in [2.24, 2.45) is 5.92 Å². The standard InChI is InChI=1S/C16H23FN2O3S/c1-18(2)9-10-22-16-12-3-8-15(16)19(11-12)23(20,21)14-6-4-13(17)5-7-14/h4-7,12,15-16H,3,8-11H2,1-2H3/t12-,15+,16+/m0/s1. The summed E-state index contributed by atoms with van der Waals surface area (Å²) in [7, 11) is 0.384. The van der Waals surface area contributed by atoms with E-state index < -0.39 is 15.8 Å². The molecule has 0 unspecified atom stereocenters. The van der Waals surface area contributed by atoms with Crippen LogP contribution in [0.1, 0.15) is 12.8 Å². The van der Waals surface area contributed by atoms with Crippen molar-refractivity contribution >= 4 is 10.0 Å². The van der Waals surface area contributed by atoms with Gasteiger partial charge in [0.1, 0.15) is 5.82 Å². The van der Waals surface area contributed by atoms with Gasteiger partial charge in [0.05, 0.1) is 23.6 Å². The zero-order chi connectivity index (χ0) is 16.6. The third kappa shape index (κ3) is 3.28. The number of rotatable bonds is 6. The molecular weight excluding hydrogens is 319 g/mol. The number of halogens is 1. The largest absolute Gasteiger partial charge is 0.375 e. The third-order valence-electron chi connectivity index (χ3n) is 4.73. The van der Waals surface area contributed by atoms with Crippen LogP contribution in [0, 0.1) is 11.7 Å². The smallest absolute Gasteiger partial charge is 0.243 e. The average molecular weight is 342 g/mol. The number of hydrogen-bond donors (Lipinski definition) is 0. The van der Waals surface area contributed by atoms with Crippen molar-refractivity contribution in [2.75, 3.05) is 33.8 Å². The van der Waals surface area contributed by atoms with Crippen LogP contribution in [0.2, 0.25) is 0 Å². The van der Waals surface area contributed by atoms with Gasteiger partial charge in [-0.25, -0.2) is 12.8 Å². The number of fused-ring (bicyclic) bond motifs is 2. The van der Waals surface area contributed by atoms with Crippen LogP contribution in [0.4, 0.5) is 4.39 Å². The summed E-state index contributed by atoms with van der Waals surface area (Å²) in [4.78, 5) is 2.20. The van der Waals surface area contributed by atoms with Gasteiger partial charge in [0.15, 0.2) is 0 Å². The number of benzene rings is 1. The van der Waals surface area contributed by atoms with Gasteiger partial charge in [-0.1, -0.05) is 0 Å². The van der Waals surface area contributed by atoms with Gasteiger partial charge in [0, 0.05) is 19.0 Å². The van der Waals surface area contributed by atoms with Gasteiger partial charge in [-0.3, -0.25) is 0 Å². The number of hydrogen-bond acceptors (Lipinski definition) is 4. The summed E-state index contributed by atoms with van der Waals surface area (Å²) >= 11 is 0. The second kappa shape index (κ2) is 6.47. The minimum Gasteiger partial charge on any atom is -0.375 e. The van der Waals surface area contributed by atoms with Gasteiger partial charge < -0.3 is 9.64 Å². The molecule has 2 aliphatic rings. The Morgan fingerprint density at radius 2 is 1.96 bits per heavy atom. The molecule has 5 nitrogen and oxygen atoms in total. The molecule has 0 spiro atoms. The number of likely N-dealkylation sites (N-methyl/N-ethyl adjacent to an activating group) is 1. The minimum absolute atomic E-state index is 0.0230. The van der Waals surface area contributed by atoms with Crippen molar-refractivity contribution in [2.45, 2.75) is 29.9 Å². The number of nitrogens with zero attached hydrogens (tertiary/aromatic N) is 2. The van der Waals surface area contributed by atoms with E-state index in [0.717, 1.165) is 19.4 Å². The van der Waals surface area contributed by atoms with Crippen LogP contribution in [-0.2, 0) is 14.8 Å². The lowest BCUT2D eigenvalue weighted by Gasteiger charge is -2.26. The first kappa shape index (κ1) is 16.8. The highest BCUT2D eigenvalue weighted by atomic mass is 32.2. The van der Waals surface area contributed by atoms with E-state index in [1.807, 2.05) is 19.0 Å². The van der Waals surface area contributed by atoms with E-state index in [0.29, 0.717) is 13.2 Å². The van der Waals surface area contributed by atoms with Crippen LogP contribution in [0.5, 0.6) is 0 Å². The molecule has 1 saturated heterocycles. The van der Waals surface area contributed by atoms with E-state index in [9.17, 15) is 12.8 Å². The Balaban J connectivity index is 1.73. The van der Waals surface area contributed by atoms with Gasteiger partial charge in [0.2, 0.25) is 10.0 Å². The molecule has 1 heterocycles. The van der Waals surface area contributed by atoms with E-state index in [-0.39, 0.29) is 23.0 Å². The molecule has 0 amide bonds.